The molecule has 1 aliphatic heterocycles. The van der Waals surface area contributed by atoms with Crippen LogP contribution in [0, 0.1) is 12.8 Å². The van der Waals surface area contributed by atoms with E-state index in [1.807, 2.05) is 6.92 Å². The lowest BCUT2D eigenvalue weighted by molar-refractivity contribution is 0.0954. The summed E-state index contributed by atoms with van der Waals surface area (Å²) in [4.78, 5) is 23.0. The summed E-state index contributed by atoms with van der Waals surface area (Å²) in [5.41, 5.74) is 0.864. The fourth-order valence-corrected chi connectivity index (χ4v) is 4.45. The molecule has 0 bridgehead atoms. The Morgan fingerprint density at radius 3 is 2.92 bits per heavy atom. The predicted octanol–water partition coefficient (Wildman–Crippen LogP) is 2.27. The minimum atomic E-state index is -0.0513. The summed E-state index contributed by atoms with van der Waals surface area (Å²) in [7, 11) is 3.17. The van der Waals surface area contributed by atoms with Gasteiger partial charge < -0.3 is 20.1 Å². The topological polar surface area (TPSA) is 85.4 Å². The number of thiophene rings is 1. The van der Waals surface area contributed by atoms with Crippen LogP contribution in [0.4, 0.5) is 0 Å². The van der Waals surface area contributed by atoms with E-state index in [9.17, 15) is 4.79 Å². The lowest BCUT2D eigenvalue weighted by Crippen LogP contribution is -2.33. The first-order valence-electron chi connectivity index (χ1n) is 8.96. The molecule has 0 aliphatic carbocycles. The summed E-state index contributed by atoms with van der Waals surface area (Å²) in [6, 6.07) is 0. The van der Waals surface area contributed by atoms with E-state index in [2.05, 4.69) is 20.6 Å². The maximum Gasteiger partial charge on any atom is 0.261 e. The molecule has 3 rings (SSSR count). The second-order valence-corrected chi connectivity index (χ2v) is 7.57. The third-order valence-electron chi connectivity index (χ3n) is 4.71. The number of nitrogens with one attached hydrogen (secondary N) is 2. The van der Waals surface area contributed by atoms with Crippen molar-refractivity contribution < 1.29 is 14.3 Å². The van der Waals surface area contributed by atoms with Gasteiger partial charge in [0.1, 0.15) is 11.4 Å². The number of ether oxygens (including phenoxy) is 2. The van der Waals surface area contributed by atoms with Crippen LogP contribution >= 0.6 is 11.3 Å². The lowest BCUT2D eigenvalue weighted by atomic mass is 9.96. The van der Waals surface area contributed by atoms with E-state index in [-0.39, 0.29) is 5.91 Å². The molecule has 3 heterocycles. The van der Waals surface area contributed by atoms with Gasteiger partial charge in [-0.3, -0.25) is 4.79 Å². The number of fused-ring (bicyclic) bond motifs is 1. The van der Waals surface area contributed by atoms with Gasteiger partial charge in [-0.25, -0.2) is 4.98 Å². The zero-order chi connectivity index (χ0) is 18.5. The summed E-state index contributed by atoms with van der Waals surface area (Å²) in [5.74, 6) is 1.64. The monoisotopic (exact) mass is 378 g/mol. The number of rotatable bonds is 7. The van der Waals surface area contributed by atoms with Crippen molar-refractivity contribution in [2.24, 2.45) is 5.92 Å². The van der Waals surface area contributed by atoms with E-state index in [0.717, 1.165) is 35.3 Å². The summed E-state index contributed by atoms with van der Waals surface area (Å²) < 4.78 is 10.5. The van der Waals surface area contributed by atoms with Crippen molar-refractivity contribution in [1.82, 2.24) is 20.6 Å². The fourth-order valence-electron chi connectivity index (χ4n) is 3.34. The van der Waals surface area contributed by atoms with Crippen LogP contribution in [0.15, 0.2) is 0 Å². The van der Waals surface area contributed by atoms with Crippen LogP contribution in [0.2, 0.25) is 0 Å². The standard InChI is InChI=1S/C18H26N4O3S/c1-11-14-17(25-3)21-13(10-24-2)22-18(14)26-15(11)16(23)20-8-6-12-5-4-7-19-9-12/h12,19H,4-10H2,1-3H3,(H,20,23). The quantitative estimate of drug-likeness (QED) is 0.769. The second kappa shape index (κ2) is 8.75. The first-order chi connectivity index (χ1) is 12.6. The number of aryl methyl sites for hydroxylation is 1. The van der Waals surface area contributed by atoms with E-state index in [0.29, 0.717) is 35.7 Å². The molecule has 142 valence electrons. The molecule has 8 heteroatoms. The first kappa shape index (κ1) is 19.0. The number of amides is 1. The van der Waals surface area contributed by atoms with Crippen LogP contribution in [0.25, 0.3) is 10.2 Å². The second-order valence-electron chi connectivity index (χ2n) is 6.58. The van der Waals surface area contributed by atoms with Gasteiger partial charge in [0.2, 0.25) is 5.88 Å². The molecule has 7 nitrogen and oxygen atoms in total. The van der Waals surface area contributed by atoms with Crippen molar-refractivity contribution >= 4 is 27.5 Å². The molecular formula is C18H26N4O3S. The van der Waals surface area contributed by atoms with Gasteiger partial charge in [0.25, 0.3) is 5.91 Å². The summed E-state index contributed by atoms with van der Waals surface area (Å²) in [6.45, 7) is 5.07. The van der Waals surface area contributed by atoms with Gasteiger partial charge in [-0.15, -0.1) is 11.3 Å². The highest BCUT2D eigenvalue weighted by Gasteiger charge is 2.21. The number of aromatic nitrogens is 2. The lowest BCUT2D eigenvalue weighted by Gasteiger charge is -2.22. The highest BCUT2D eigenvalue weighted by atomic mass is 32.1. The molecule has 0 saturated carbocycles. The number of carbonyl (C=O) groups is 1. The maximum absolute atomic E-state index is 12.7. The van der Waals surface area contributed by atoms with Crippen LogP contribution in [-0.2, 0) is 11.3 Å². The summed E-state index contributed by atoms with van der Waals surface area (Å²) >= 11 is 1.38. The molecular weight excluding hydrogens is 352 g/mol. The van der Waals surface area contributed by atoms with Gasteiger partial charge in [-0.2, -0.15) is 4.98 Å². The fraction of sp³-hybridized carbons (Fsp3) is 0.611. The number of carbonyl (C=O) groups excluding carboxylic acids is 1. The first-order valence-corrected chi connectivity index (χ1v) is 9.77. The molecule has 1 atom stereocenters. The van der Waals surface area contributed by atoms with Crippen LogP contribution < -0.4 is 15.4 Å². The molecule has 2 aromatic rings. The molecule has 1 unspecified atom stereocenters. The average Bonchev–Trinajstić information content (AvgIpc) is 2.99. The van der Waals surface area contributed by atoms with Crippen molar-refractivity contribution in [2.45, 2.75) is 32.8 Å². The largest absolute Gasteiger partial charge is 0.480 e. The highest BCUT2D eigenvalue weighted by molar-refractivity contribution is 7.20. The van der Waals surface area contributed by atoms with Crippen molar-refractivity contribution in [3.05, 3.63) is 16.3 Å². The average molecular weight is 378 g/mol. The molecule has 2 N–H and O–H groups in total. The Hall–Kier alpha value is -1.77. The Morgan fingerprint density at radius 2 is 2.23 bits per heavy atom. The van der Waals surface area contributed by atoms with E-state index >= 15 is 0 Å². The van der Waals surface area contributed by atoms with Gasteiger partial charge >= 0.3 is 0 Å². The van der Waals surface area contributed by atoms with E-state index in [1.54, 1.807) is 14.2 Å². The van der Waals surface area contributed by atoms with Gasteiger partial charge in [0.15, 0.2) is 5.82 Å². The molecule has 0 radical (unpaired) electrons. The van der Waals surface area contributed by atoms with Gasteiger partial charge in [0, 0.05) is 13.7 Å². The zero-order valence-electron chi connectivity index (χ0n) is 15.6. The Morgan fingerprint density at radius 1 is 1.38 bits per heavy atom. The molecule has 1 aliphatic rings. The normalized spacial score (nSPS) is 17.4. The Bertz CT molecular complexity index is 771. The SMILES string of the molecule is COCc1nc(OC)c2c(C)c(C(=O)NCCC3CCCNC3)sc2n1. The number of piperidine rings is 1. The highest BCUT2D eigenvalue weighted by Crippen LogP contribution is 2.35. The Balaban J connectivity index is 1.74. The predicted molar refractivity (Wildman–Crippen MR) is 102 cm³/mol. The molecule has 2 aromatic heterocycles. The molecule has 1 fully saturated rings. The number of hydrogen-bond acceptors (Lipinski definition) is 7. The molecule has 1 saturated heterocycles. The molecule has 0 aromatic carbocycles. The third-order valence-corrected chi connectivity index (χ3v) is 5.90. The minimum Gasteiger partial charge on any atom is -0.480 e. The molecule has 26 heavy (non-hydrogen) atoms. The number of nitrogens with zero attached hydrogens (tertiary/aromatic N) is 2. The zero-order valence-corrected chi connectivity index (χ0v) is 16.4. The Kier molecular flexibility index (Phi) is 6.39. The third kappa shape index (κ3) is 4.13. The van der Waals surface area contributed by atoms with Crippen molar-refractivity contribution in [1.29, 1.82) is 0 Å². The smallest absolute Gasteiger partial charge is 0.261 e. The van der Waals surface area contributed by atoms with Gasteiger partial charge in [-0.05, 0) is 50.8 Å². The van der Waals surface area contributed by atoms with Crippen LogP contribution in [0.1, 0.15) is 40.3 Å². The summed E-state index contributed by atoms with van der Waals surface area (Å²) in [6.07, 6.45) is 3.46. The molecule has 0 spiro atoms. The van der Waals surface area contributed by atoms with Crippen LogP contribution in [0.3, 0.4) is 0 Å². The van der Waals surface area contributed by atoms with Crippen molar-refractivity contribution in [2.75, 3.05) is 33.9 Å². The van der Waals surface area contributed by atoms with Crippen molar-refractivity contribution in [3.63, 3.8) is 0 Å². The Labute approximate surface area is 157 Å². The van der Waals surface area contributed by atoms with Gasteiger partial charge in [0.05, 0.1) is 17.4 Å². The van der Waals surface area contributed by atoms with E-state index < -0.39 is 0 Å². The summed E-state index contributed by atoms with van der Waals surface area (Å²) in [5, 5.41) is 7.27. The van der Waals surface area contributed by atoms with E-state index in [4.69, 9.17) is 9.47 Å². The number of methoxy groups -OCH3 is 2. The molecule has 1 amide bonds. The van der Waals surface area contributed by atoms with Crippen LogP contribution in [0.5, 0.6) is 5.88 Å². The number of hydrogen-bond donors (Lipinski definition) is 2. The van der Waals surface area contributed by atoms with E-state index in [1.165, 1.54) is 24.2 Å². The minimum absolute atomic E-state index is 0.0513. The maximum atomic E-state index is 12.7. The van der Waals surface area contributed by atoms with Crippen LogP contribution in [-0.4, -0.2) is 49.7 Å². The van der Waals surface area contributed by atoms with Gasteiger partial charge in [-0.1, -0.05) is 0 Å². The van der Waals surface area contributed by atoms with Crippen molar-refractivity contribution in [3.8, 4) is 5.88 Å².